The van der Waals surface area contributed by atoms with E-state index < -0.39 is 0 Å². The molecule has 0 atom stereocenters. The van der Waals surface area contributed by atoms with E-state index in [1.54, 1.807) is 12.1 Å². The Kier molecular flexibility index (Phi) is 2.82. The van der Waals surface area contributed by atoms with Crippen LogP contribution in [0.2, 0.25) is 0 Å². The summed E-state index contributed by atoms with van der Waals surface area (Å²) in [5.41, 5.74) is 3.48. The maximum atomic E-state index is 12.9. The Bertz CT molecular complexity index is 443. The normalized spacial score (nSPS) is 10.3. The first-order valence-corrected chi connectivity index (χ1v) is 5.04. The van der Waals surface area contributed by atoms with Crippen LogP contribution in [0.1, 0.15) is 16.7 Å². The third-order valence-corrected chi connectivity index (χ3v) is 2.42. The first-order chi connectivity index (χ1) is 7.24. The van der Waals surface area contributed by atoms with E-state index in [-0.39, 0.29) is 5.82 Å². The van der Waals surface area contributed by atoms with Crippen molar-refractivity contribution >= 4 is 0 Å². The fourth-order valence-corrected chi connectivity index (χ4v) is 1.59. The molecule has 0 aliphatic rings. The lowest BCUT2D eigenvalue weighted by molar-refractivity contribution is 0.626. The molecule has 0 amide bonds. The summed E-state index contributed by atoms with van der Waals surface area (Å²) in [6.07, 6.45) is 0.790. The number of halogens is 1. The molecule has 0 heterocycles. The highest BCUT2D eigenvalue weighted by atomic mass is 19.1. The summed E-state index contributed by atoms with van der Waals surface area (Å²) >= 11 is 0. The van der Waals surface area contributed by atoms with Crippen molar-refractivity contribution in [2.45, 2.75) is 13.3 Å². The summed E-state index contributed by atoms with van der Waals surface area (Å²) in [5, 5.41) is 0. The van der Waals surface area contributed by atoms with Crippen LogP contribution in [0.3, 0.4) is 0 Å². The first-order valence-electron chi connectivity index (χ1n) is 5.04. The summed E-state index contributed by atoms with van der Waals surface area (Å²) in [6.45, 7) is 2.06. The van der Waals surface area contributed by atoms with Crippen molar-refractivity contribution in [3.63, 3.8) is 0 Å². The lowest BCUT2D eigenvalue weighted by atomic mass is 10.0. The Morgan fingerprint density at radius 1 is 0.933 bits per heavy atom. The van der Waals surface area contributed by atoms with Crippen LogP contribution in [0.5, 0.6) is 0 Å². The summed E-state index contributed by atoms with van der Waals surface area (Å²) in [4.78, 5) is 0. The van der Waals surface area contributed by atoms with E-state index in [1.807, 2.05) is 6.07 Å². The Labute approximate surface area is 89.4 Å². The van der Waals surface area contributed by atoms with Crippen molar-refractivity contribution < 1.29 is 4.39 Å². The van der Waals surface area contributed by atoms with Gasteiger partial charge in [0.2, 0.25) is 0 Å². The Morgan fingerprint density at radius 3 is 2.33 bits per heavy atom. The van der Waals surface area contributed by atoms with E-state index in [0.29, 0.717) is 0 Å². The van der Waals surface area contributed by atoms with Gasteiger partial charge in [-0.15, -0.1) is 0 Å². The third kappa shape index (κ3) is 2.66. The van der Waals surface area contributed by atoms with Crippen LogP contribution in [0.25, 0.3) is 0 Å². The average Bonchev–Trinajstić information content (AvgIpc) is 2.22. The van der Waals surface area contributed by atoms with E-state index in [2.05, 4.69) is 31.2 Å². The number of aryl methyl sites for hydroxylation is 1. The molecule has 0 radical (unpaired) electrons. The third-order valence-electron chi connectivity index (χ3n) is 2.42. The minimum absolute atomic E-state index is 0.167. The molecule has 0 saturated heterocycles. The summed E-state index contributed by atoms with van der Waals surface area (Å²) in [7, 11) is 0. The van der Waals surface area contributed by atoms with E-state index in [9.17, 15) is 4.39 Å². The van der Waals surface area contributed by atoms with E-state index in [4.69, 9.17) is 0 Å². The lowest BCUT2D eigenvalue weighted by Crippen LogP contribution is -1.88. The van der Waals surface area contributed by atoms with Gasteiger partial charge in [-0.3, -0.25) is 0 Å². The van der Waals surface area contributed by atoms with Gasteiger partial charge in [0.25, 0.3) is 0 Å². The van der Waals surface area contributed by atoms with Gasteiger partial charge >= 0.3 is 0 Å². The van der Waals surface area contributed by atoms with Gasteiger partial charge in [-0.25, -0.2) is 4.39 Å². The largest absolute Gasteiger partial charge is 0.207 e. The molecule has 2 aromatic carbocycles. The highest BCUT2D eigenvalue weighted by molar-refractivity contribution is 5.28. The molecule has 0 saturated carbocycles. The molecule has 15 heavy (non-hydrogen) atoms. The summed E-state index contributed by atoms with van der Waals surface area (Å²) in [6, 6.07) is 15.1. The molecule has 2 aromatic rings. The molecule has 0 spiro atoms. The van der Waals surface area contributed by atoms with E-state index in [0.717, 1.165) is 12.0 Å². The van der Waals surface area contributed by atoms with Gasteiger partial charge in [0.1, 0.15) is 5.82 Å². The molecule has 0 fully saturated rings. The quantitative estimate of drug-likeness (QED) is 0.693. The van der Waals surface area contributed by atoms with Crippen molar-refractivity contribution in [1.29, 1.82) is 0 Å². The average molecular weight is 200 g/mol. The molecular formula is C14H13F. The standard InChI is InChI=1S/C14H13F/c1-11-5-7-12(8-6-11)9-13-3-2-4-14(15)10-13/h2-8,10H,9H2,1H3. The molecule has 0 nitrogen and oxygen atoms in total. The number of hydrogen-bond donors (Lipinski definition) is 0. The second-order valence-electron chi connectivity index (χ2n) is 3.79. The van der Waals surface area contributed by atoms with Crippen molar-refractivity contribution in [3.8, 4) is 0 Å². The molecule has 0 bridgehead atoms. The Balaban J connectivity index is 2.18. The molecule has 2 rings (SSSR count). The molecule has 1 heteroatoms. The topological polar surface area (TPSA) is 0 Å². The van der Waals surface area contributed by atoms with E-state index in [1.165, 1.54) is 17.2 Å². The zero-order valence-electron chi connectivity index (χ0n) is 8.70. The summed E-state index contributed by atoms with van der Waals surface area (Å²) in [5.74, 6) is -0.167. The molecule has 0 aliphatic heterocycles. The Hall–Kier alpha value is -1.63. The Morgan fingerprint density at radius 2 is 1.67 bits per heavy atom. The van der Waals surface area contributed by atoms with Crippen LogP contribution in [0.4, 0.5) is 4.39 Å². The highest BCUT2D eigenvalue weighted by Crippen LogP contribution is 2.11. The van der Waals surface area contributed by atoms with Crippen molar-refractivity contribution in [3.05, 3.63) is 71.0 Å². The SMILES string of the molecule is Cc1ccc(Cc2cccc(F)c2)cc1. The van der Waals surface area contributed by atoms with Gasteiger partial charge in [-0.1, -0.05) is 42.0 Å². The molecule has 0 aromatic heterocycles. The molecular weight excluding hydrogens is 187 g/mol. The number of hydrogen-bond acceptors (Lipinski definition) is 0. The molecule has 0 N–H and O–H groups in total. The maximum absolute atomic E-state index is 12.9. The van der Waals surface area contributed by atoms with Crippen LogP contribution < -0.4 is 0 Å². The van der Waals surface area contributed by atoms with E-state index >= 15 is 0 Å². The van der Waals surface area contributed by atoms with Gasteiger partial charge in [0.05, 0.1) is 0 Å². The summed E-state index contributed by atoms with van der Waals surface area (Å²) < 4.78 is 12.9. The molecule has 76 valence electrons. The number of rotatable bonds is 2. The van der Waals surface area contributed by atoms with Gasteiger partial charge in [-0.2, -0.15) is 0 Å². The van der Waals surface area contributed by atoms with Gasteiger partial charge in [-0.05, 0) is 36.6 Å². The molecule has 0 aliphatic carbocycles. The zero-order valence-corrected chi connectivity index (χ0v) is 8.70. The smallest absolute Gasteiger partial charge is 0.123 e. The predicted molar refractivity (Wildman–Crippen MR) is 60.4 cm³/mol. The minimum atomic E-state index is -0.167. The minimum Gasteiger partial charge on any atom is -0.207 e. The molecule has 0 unspecified atom stereocenters. The van der Waals surface area contributed by atoms with Crippen molar-refractivity contribution in [2.75, 3.05) is 0 Å². The fraction of sp³-hybridized carbons (Fsp3) is 0.143. The van der Waals surface area contributed by atoms with Crippen LogP contribution in [-0.2, 0) is 6.42 Å². The van der Waals surface area contributed by atoms with Gasteiger partial charge < -0.3 is 0 Å². The first kappa shape index (κ1) is 9.91. The van der Waals surface area contributed by atoms with Crippen LogP contribution in [-0.4, -0.2) is 0 Å². The zero-order chi connectivity index (χ0) is 10.7. The van der Waals surface area contributed by atoms with Crippen molar-refractivity contribution in [2.24, 2.45) is 0 Å². The van der Waals surface area contributed by atoms with Crippen LogP contribution >= 0.6 is 0 Å². The second kappa shape index (κ2) is 4.26. The van der Waals surface area contributed by atoms with Crippen LogP contribution in [0, 0.1) is 12.7 Å². The highest BCUT2D eigenvalue weighted by Gasteiger charge is 1.97. The fourth-order valence-electron chi connectivity index (χ4n) is 1.59. The van der Waals surface area contributed by atoms with Crippen molar-refractivity contribution in [1.82, 2.24) is 0 Å². The van der Waals surface area contributed by atoms with Gasteiger partial charge in [0, 0.05) is 0 Å². The number of benzene rings is 2. The predicted octanol–water partition coefficient (Wildman–Crippen LogP) is 3.72. The monoisotopic (exact) mass is 200 g/mol. The second-order valence-corrected chi connectivity index (χ2v) is 3.79. The maximum Gasteiger partial charge on any atom is 0.123 e. The van der Waals surface area contributed by atoms with Gasteiger partial charge in [0.15, 0.2) is 0 Å². The lowest BCUT2D eigenvalue weighted by Gasteiger charge is -2.02. The van der Waals surface area contributed by atoms with Crippen LogP contribution in [0.15, 0.2) is 48.5 Å².